The van der Waals surface area contributed by atoms with Gasteiger partial charge in [0.1, 0.15) is 11.6 Å². The number of rotatable bonds is 7. The number of hydrogen-bond acceptors (Lipinski definition) is 3. The average Bonchev–Trinajstić information content (AvgIpc) is 3.08. The van der Waals surface area contributed by atoms with Gasteiger partial charge in [0.25, 0.3) is 5.91 Å². The Morgan fingerprint density at radius 1 is 1.15 bits per heavy atom. The quantitative estimate of drug-likeness (QED) is 0.676. The summed E-state index contributed by atoms with van der Waals surface area (Å²) in [6.45, 7) is 6.20. The van der Waals surface area contributed by atoms with Crippen molar-refractivity contribution >= 4 is 16.9 Å². The van der Waals surface area contributed by atoms with Crippen molar-refractivity contribution in [1.29, 1.82) is 0 Å². The minimum atomic E-state index is -0.194. The second-order valence-electron chi connectivity index (χ2n) is 6.71. The van der Waals surface area contributed by atoms with Gasteiger partial charge in [-0.05, 0) is 42.2 Å². The van der Waals surface area contributed by atoms with Gasteiger partial charge in [0.15, 0.2) is 6.61 Å². The first-order valence-electron chi connectivity index (χ1n) is 9.02. The highest BCUT2D eigenvalue weighted by Gasteiger charge is 2.22. The van der Waals surface area contributed by atoms with Gasteiger partial charge in [-0.15, -0.1) is 0 Å². The van der Waals surface area contributed by atoms with Crippen molar-refractivity contribution in [3.63, 3.8) is 0 Å². The van der Waals surface area contributed by atoms with Crippen LogP contribution in [0.25, 0.3) is 11.0 Å². The Morgan fingerprint density at radius 2 is 1.88 bits per heavy atom. The van der Waals surface area contributed by atoms with Crippen molar-refractivity contribution < 1.29 is 9.53 Å². The summed E-state index contributed by atoms with van der Waals surface area (Å²) in [6.07, 6.45) is 0.980. The number of benzene rings is 2. The molecule has 2 N–H and O–H groups in total. The summed E-state index contributed by atoms with van der Waals surface area (Å²) in [5.41, 5.74) is 3.11. The molecule has 3 aromatic rings. The zero-order chi connectivity index (χ0) is 18.5. The van der Waals surface area contributed by atoms with Crippen LogP contribution in [-0.4, -0.2) is 22.5 Å². The molecule has 0 saturated carbocycles. The van der Waals surface area contributed by atoms with Crippen molar-refractivity contribution in [2.24, 2.45) is 5.92 Å². The van der Waals surface area contributed by atoms with E-state index in [1.54, 1.807) is 0 Å². The van der Waals surface area contributed by atoms with Crippen LogP contribution in [0, 0.1) is 5.92 Å². The van der Waals surface area contributed by atoms with Gasteiger partial charge in [-0.25, -0.2) is 4.98 Å². The molecular formula is C21H25N3O2. The van der Waals surface area contributed by atoms with Crippen LogP contribution in [0.5, 0.6) is 5.75 Å². The SMILES string of the molecule is CCc1ccc(OCC(=O)NC(c2nc3ccccc3[nH]2)C(C)C)cc1. The van der Waals surface area contributed by atoms with Crippen molar-refractivity contribution in [2.45, 2.75) is 33.2 Å². The Kier molecular flexibility index (Phi) is 5.56. The smallest absolute Gasteiger partial charge is 0.258 e. The van der Waals surface area contributed by atoms with Gasteiger partial charge in [-0.3, -0.25) is 4.79 Å². The molecule has 5 heteroatoms. The molecule has 5 nitrogen and oxygen atoms in total. The van der Waals surface area contributed by atoms with Crippen molar-refractivity contribution in [3.8, 4) is 5.75 Å². The molecule has 1 aromatic heterocycles. The number of carbonyl (C=O) groups is 1. The Hall–Kier alpha value is -2.82. The van der Waals surface area contributed by atoms with Gasteiger partial charge in [0.2, 0.25) is 0 Å². The molecule has 1 heterocycles. The monoisotopic (exact) mass is 351 g/mol. The minimum absolute atomic E-state index is 0.0189. The van der Waals surface area contributed by atoms with Crippen LogP contribution >= 0.6 is 0 Å². The van der Waals surface area contributed by atoms with Gasteiger partial charge < -0.3 is 15.0 Å². The lowest BCUT2D eigenvalue weighted by atomic mass is 10.0. The molecule has 1 unspecified atom stereocenters. The van der Waals surface area contributed by atoms with Gasteiger partial charge >= 0.3 is 0 Å². The highest BCUT2D eigenvalue weighted by Crippen LogP contribution is 2.22. The van der Waals surface area contributed by atoms with E-state index in [0.717, 1.165) is 23.3 Å². The van der Waals surface area contributed by atoms with E-state index < -0.39 is 0 Å². The van der Waals surface area contributed by atoms with E-state index in [2.05, 4.69) is 36.1 Å². The molecular weight excluding hydrogens is 326 g/mol. The summed E-state index contributed by atoms with van der Waals surface area (Å²) in [4.78, 5) is 20.3. The standard InChI is InChI=1S/C21H25N3O2/c1-4-15-9-11-16(12-10-15)26-13-19(25)24-20(14(2)3)21-22-17-7-5-6-8-18(17)23-21/h5-12,14,20H,4,13H2,1-3H3,(H,22,23)(H,24,25). The summed E-state index contributed by atoms with van der Waals surface area (Å²) in [5.74, 6) is 1.50. The zero-order valence-electron chi connectivity index (χ0n) is 15.5. The maximum atomic E-state index is 12.4. The van der Waals surface area contributed by atoms with Crippen LogP contribution < -0.4 is 10.1 Å². The predicted octanol–water partition coefficient (Wildman–Crippen LogP) is 4.02. The number of nitrogens with zero attached hydrogens (tertiary/aromatic N) is 1. The van der Waals surface area contributed by atoms with Crippen molar-refractivity contribution in [3.05, 3.63) is 59.9 Å². The molecule has 0 spiro atoms. The van der Waals surface area contributed by atoms with Gasteiger partial charge in [-0.2, -0.15) is 0 Å². The number of para-hydroxylation sites is 2. The molecule has 0 aliphatic heterocycles. The number of nitrogens with one attached hydrogen (secondary N) is 2. The number of aryl methyl sites for hydroxylation is 1. The topological polar surface area (TPSA) is 67.0 Å². The molecule has 0 saturated heterocycles. The number of H-pyrrole nitrogens is 1. The van der Waals surface area contributed by atoms with E-state index in [9.17, 15) is 4.79 Å². The highest BCUT2D eigenvalue weighted by atomic mass is 16.5. The maximum absolute atomic E-state index is 12.4. The summed E-state index contributed by atoms with van der Waals surface area (Å²) >= 11 is 0. The van der Waals surface area contributed by atoms with E-state index in [1.165, 1.54) is 5.56 Å². The third kappa shape index (κ3) is 4.23. The van der Waals surface area contributed by atoms with E-state index in [0.29, 0.717) is 5.75 Å². The van der Waals surface area contributed by atoms with Crippen LogP contribution in [-0.2, 0) is 11.2 Å². The summed E-state index contributed by atoms with van der Waals surface area (Å²) in [7, 11) is 0. The number of carbonyl (C=O) groups excluding carboxylic acids is 1. The Labute approximate surface area is 153 Å². The number of aromatic nitrogens is 2. The number of aromatic amines is 1. The van der Waals surface area contributed by atoms with E-state index in [1.807, 2.05) is 48.5 Å². The third-order valence-electron chi connectivity index (χ3n) is 4.39. The molecule has 0 aliphatic rings. The fourth-order valence-corrected chi connectivity index (χ4v) is 2.86. The fraction of sp³-hybridized carbons (Fsp3) is 0.333. The number of imidazole rings is 1. The minimum Gasteiger partial charge on any atom is -0.484 e. The molecule has 0 fully saturated rings. The van der Waals surface area contributed by atoms with Crippen molar-refractivity contribution in [1.82, 2.24) is 15.3 Å². The maximum Gasteiger partial charge on any atom is 0.258 e. The third-order valence-corrected chi connectivity index (χ3v) is 4.39. The highest BCUT2D eigenvalue weighted by molar-refractivity contribution is 5.78. The number of hydrogen-bond donors (Lipinski definition) is 2. The predicted molar refractivity (Wildman–Crippen MR) is 103 cm³/mol. The molecule has 2 aromatic carbocycles. The Balaban J connectivity index is 1.64. The lowest BCUT2D eigenvalue weighted by molar-refractivity contribution is -0.124. The van der Waals surface area contributed by atoms with Crippen LogP contribution in [0.15, 0.2) is 48.5 Å². The molecule has 0 radical (unpaired) electrons. The molecule has 0 bridgehead atoms. The zero-order valence-corrected chi connectivity index (χ0v) is 15.5. The molecule has 0 aliphatic carbocycles. The lowest BCUT2D eigenvalue weighted by Crippen LogP contribution is -2.35. The van der Waals surface area contributed by atoms with Crippen LogP contribution in [0.3, 0.4) is 0 Å². The first-order valence-corrected chi connectivity index (χ1v) is 9.02. The summed E-state index contributed by atoms with van der Waals surface area (Å²) in [6, 6.07) is 15.5. The van der Waals surface area contributed by atoms with E-state index in [4.69, 9.17) is 4.74 Å². The average molecular weight is 351 g/mol. The van der Waals surface area contributed by atoms with Crippen LogP contribution in [0.2, 0.25) is 0 Å². The number of ether oxygens (including phenoxy) is 1. The normalized spacial score (nSPS) is 12.3. The van der Waals surface area contributed by atoms with Crippen LogP contribution in [0.4, 0.5) is 0 Å². The fourth-order valence-electron chi connectivity index (χ4n) is 2.86. The van der Waals surface area contributed by atoms with Gasteiger partial charge in [0.05, 0.1) is 17.1 Å². The first kappa shape index (κ1) is 18.0. The molecule has 3 rings (SSSR count). The first-order chi connectivity index (χ1) is 12.6. The Morgan fingerprint density at radius 3 is 2.54 bits per heavy atom. The summed E-state index contributed by atoms with van der Waals surface area (Å²) < 4.78 is 5.60. The largest absolute Gasteiger partial charge is 0.484 e. The Bertz CT molecular complexity index is 835. The van der Waals surface area contributed by atoms with E-state index in [-0.39, 0.29) is 24.5 Å². The lowest BCUT2D eigenvalue weighted by Gasteiger charge is -2.20. The summed E-state index contributed by atoms with van der Waals surface area (Å²) in [5, 5.41) is 3.03. The van der Waals surface area contributed by atoms with Gasteiger partial charge in [-0.1, -0.05) is 45.0 Å². The molecule has 1 amide bonds. The molecule has 1 atom stereocenters. The number of fused-ring (bicyclic) bond motifs is 1. The van der Waals surface area contributed by atoms with E-state index >= 15 is 0 Å². The second-order valence-corrected chi connectivity index (χ2v) is 6.71. The van der Waals surface area contributed by atoms with Crippen molar-refractivity contribution in [2.75, 3.05) is 6.61 Å². The van der Waals surface area contributed by atoms with Crippen LogP contribution in [0.1, 0.15) is 38.2 Å². The second kappa shape index (κ2) is 8.04. The molecule has 136 valence electrons. The number of amides is 1. The van der Waals surface area contributed by atoms with Gasteiger partial charge in [0, 0.05) is 0 Å². The molecule has 26 heavy (non-hydrogen) atoms.